The van der Waals surface area contributed by atoms with Gasteiger partial charge >= 0.3 is 0 Å². The molecule has 1 nitrogen and oxygen atoms in total. The Labute approximate surface area is 65.8 Å². The fourth-order valence-electron chi connectivity index (χ4n) is 0.751. The van der Waals surface area contributed by atoms with Gasteiger partial charge in [-0.05, 0) is 30.7 Å². The van der Waals surface area contributed by atoms with Crippen molar-refractivity contribution in [3.05, 3.63) is 30.1 Å². The minimum Gasteiger partial charge on any atom is -0.494 e. The highest BCUT2D eigenvalue weighted by Crippen LogP contribution is 2.10. The molecule has 11 heavy (non-hydrogen) atoms. The van der Waals surface area contributed by atoms with Gasteiger partial charge in [-0.25, -0.2) is 4.39 Å². The average molecular weight is 154 g/mol. The van der Waals surface area contributed by atoms with Crippen LogP contribution in [-0.4, -0.2) is 6.61 Å². The van der Waals surface area contributed by atoms with Gasteiger partial charge in [-0.3, -0.25) is 0 Å². The van der Waals surface area contributed by atoms with Gasteiger partial charge in [0.1, 0.15) is 11.6 Å². The quantitative estimate of drug-likeness (QED) is 0.650. The molecule has 1 aromatic rings. The van der Waals surface area contributed by atoms with Gasteiger partial charge in [0.15, 0.2) is 0 Å². The fraction of sp³-hybridized carbons (Fsp3) is 0.333. The van der Waals surface area contributed by atoms with E-state index in [4.69, 9.17) is 4.74 Å². The average Bonchev–Trinajstić information content (AvgIpc) is 2.04. The molecule has 0 saturated heterocycles. The topological polar surface area (TPSA) is 9.23 Å². The van der Waals surface area contributed by atoms with Crippen LogP contribution in [0.15, 0.2) is 24.3 Å². The summed E-state index contributed by atoms with van der Waals surface area (Å²) in [4.78, 5) is 0. The molecule has 0 saturated carbocycles. The second kappa shape index (κ2) is 3.96. The lowest BCUT2D eigenvalue weighted by molar-refractivity contribution is 0.317. The first-order valence-corrected chi connectivity index (χ1v) is 3.71. The standard InChI is InChI=1S/C9H11FO/c1-2-7-11-9-5-3-8(10)4-6-9/h3-6H,2,7H2,1H3. The van der Waals surface area contributed by atoms with Crippen LogP contribution in [0.5, 0.6) is 5.75 Å². The molecule has 0 heterocycles. The highest BCUT2D eigenvalue weighted by molar-refractivity contribution is 5.21. The molecule has 0 bridgehead atoms. The molecular weight excluding hydrogens is 143 g/mol. The third-order valence-corrected chi connectivity index (χ3v) is 1.29. The van der Waals surface area contributed by atoms with Crippen LogP contribution < -0.4 is 4.74 Å². The maximum atomic E-state index is 12.4. The highest BCUT2D eigenvalue weighted by Gasteiger charge is 1.91. The van der Waals surface area contributed by atoms with Crippen molar-refractivity contribution in [2.45, 2.75) is 13.3 Å². The van der Waals surface area contributed by atoms with E-state index in [1.165, 1.54) is 12.1 Å². The SMILES string of the molecule is CCCOc1ccc(F)cc1. The van der Waals surface area contributed by atoms with Crippen molar-refractivity contribution in [1.29, 1.82) is 0 Å². The van der Waals surface area contributed by atoms with E-state index in [-0.39, 0.29) is 5.82 Å². The van der Waals surface area contributed by atoms with Crippen molar-refractivity contribution >= 4 is 0 Å². The first-order valence-electron chi connectivity index (χ1n) is 3.71. The van der Waals surface area contributed by atoms with Gasteiger partial charge < -0.3 is 4.74 Å². The minimum absolute atomic E-state index is 0.228. The number of ether oxygens (including phenoxy) is 1. The predicted molar refractivity (Wildman–Crippen MR) is 42.2 cm³/mol. The molecule has 0 aliphatic carbocycles. The Hall–Kier alpha value is -1.05. The summed E-state index contributed by atoms with van der Waals surface area (Å²) in [6, 6.07) is 6.05. The van der Waals surface area contributed by atoms with Gasteiger partial charge in [-0.15, -0.1) is 0 Å². The largest absolute Gasteiger partial charge is 0.494 e. The summed E-state index contributed by atoms with van der Waals surface area (Å²) in [5.74, 6) is 0.502. The van der Waals surface area contributed by atoms with E-state index in [1.54, 1.807) is 12.1 Å². The Morgan fingerprint density at radius 3 is 2.45 bits per heavy atom. The van der Waals surface area contributed by atoms with Gasteiger partial charge in [0, 0.05) is 0 Å². The van der Waals surface area contributed by atoms with Gasteiger partial charge in [0.25, 0.3) is 0 Å². The lowest BCUT2D eigenvalue weighted by Crippen LogP contribution is -1.94. The highest BCUT2D eigenvalue weighted by atomic mass is 19.1. The maximum Gasteiger partial charge on any atom is 0.123 e. The molecule has 0 aliphatic heterocycles. The van der Waals surface area contributed by atoms with Crippen LogP contribution in [0.3, 0.4) is 0 Å². The van der Waals surface area contributed by atoms with Crippen molar-refractivity contribution in [2.75, 3.05) is 6.61 Å². The number of hydrogen-bond acceptors (Lipinski definition) is 1. The number of benzene rings is 1. The van der Waals surface area contributed by atoms with E-state index in [2.05, 4.69) is 0 Å². The van der Waals surface area contributed by atoms with E-state index >= 15 is 0 Å². The Bertz CT molecular complexity index is 205. The summed E-state index contributed by atoms with van der Waals surface area (Å²) in [6.45, 7) is 2.72. The number of hydrogen-bond donors (Lipinski definition) is 0. The van der Waals surface area contributed by atoms with E-state index in [9.17, 15) is 4.39 Å². The van der Waals surface area contributed by atoms with Crippen molar-refractivity contribution in [3.8, 4) is 5.75 Å². The van der Waals surface area contributed by atoms with E-state index in [0.717, 1.165) is 12.2 Å². The van der Waals surface area contributed by atoms with Crippen molar-refractivity contribution in [1.82, 2.24) is 0 Å². The first kappa shape index (κ1) is 8.05. The van der Waals surface area contributed by atoms with E-state index < -0.39 is 0 Å². The Morgan fingerprint density at radius 1 is 1.27 bits per heavy atom. The molecule has 1 rings (SSSR count). The minimum atomic E-state index is -0.228. The third-order valence-electron chi connectivity index (χ3n) is 1.29. The predicted octanol–water partition coefficient (Wildman–Crippen LogP) is 2.61. The molecule has 0 unspecified atom stereocenters. The van der Waals surface area contributed by atoms with Crippen LogP contribution in [0.4, 0.5) is 4.39 Å². The molecule has 1 aromatic carbocycles. The molecule has 0 atom stereocenters. The van der Waals surface area contributed by atoms with Crippen LogP contribution in [-0.2, 0) is 0 Å². The molecule has 60 valence electrons. The monoisotopic (exact) mass is 154 g/mol. The van der Waals surface area contributed by atoms with Crippen LogP contribution >= 0.6 is 0 Å². The van der Waals surface area contributed by atoms with Crippen LogP contribution in [0.2, 0.25) is 0 Å². The molecule has 2 heteroatoms. The molecule has 0 amide bonds. The third kappa shape index (κ3) is 2.58. The normalized spacial score (nSPS) is 9.64. The summed E-state index contributed by atoms with van der Waals surface area (Å²) >= 11 is 0. The van der Waals surface area contributed by atoms with Crippen molar-refractivity contribution in [2.24, 2.45) is 0 Å². The lowest BCUT2D eigenvalue weighted by Gasteiger charge is -2.02. The summed E-state index contributed by atoms with van der Waals surface area (Å²) in [6.07, 6.45) is 0.970. The zero-order valence-electron chi connectivity index (χ0n) is 6.51. The molecule has 0 radical (unpaired) electrons. The molecule has 0 aromatic heterocycles. The zero-order valence-corrected chi connectivity index (χ0v) is 6.51. The molecule has 0 aliphatic rings. The lowest BCUT2D eigenvalue weighted by atomic mass is 10.3. The van der Waals surface area contributed by atoms with E-state index in [0.29, 0.717) is 6.61 Å². The first-order chi connectivity index (χ1) is 5.33. The zero-order chi connectivity index (χ0) is 8.10. The number of halogens is 1. The van der Waals surface area contributed by atoms with Crippen LogP contribution in [0.25, 0.3) is 0 Å². The molecule has 0 N–H and O–H groups in total. The smallest absolute Gasteiger partial charge is 0.123 e. The fourth-order valence-corrected chi connectivity index (χ4v) is 0.751. The van der Waals surface area contributed by atoms with Crippen LogP contribution in [0, 0.1) is 5.82 Å². The van der Waals surface area contributed by atoms with Crippen LogP contribution in [0.1, 0.15) is 13.3 Å². The Kier molecular flexibility index (Phi) is 2.90. The molecule has 0 spiro atoms. The van der Waals surface area contributed by atoms with Gasteiger partial charge in [-0.2, -0.15) is 0 Å². The summed E-state index contributed by atoms with van der Waals surface area (Å²) in [5.41, 5.74) is 0. The van der Waals surface area contributed by atoms with Crippen molar-refractivity contribution in [3.63, 3.8) is 0 Å². The summed E-state index contributed by atoms with van der Waals surface area (Å²) in [5, 5.41) is 0. The maximum absolute atomic E-state index is 12.4. The Morgan fingerprint density at radius 2 is 1.91 bits per heavy atom. The second-order valence-electron chi connectivity index (χ2n) is 2.30. The van der Waals surface area contributed by atoms with E-state index in [1.807, 2.05) is 6.92 Å². The van der Waals surface area contributed by atoms with Gasteiger partial charge in [0.2, 0.25) is 0 Å². The molecular formula is C9H11FO. The van der Waals surface area contributed by atoms with Crippen molar-refractivity contribution < 1.29 is 9.13 Å². The molecule has 0 fully saturated rings. The second-order valence-corrected chi connectivity index (χ2v) is 2.30. The van der Waals surface area contributed by atoms with Gasteiger partial charge in [-0.1, -0.05) is 6.92 Å². The summed E-state index contributed by atoms with van der Waals surface area (Å²) < 4.78 is 17.6. The summed E-state index contributed by atoms with van der Waals surface area (Å²) in [7, 11) is 0. The number of rotatable bonds is 3. The van der Waals surface area contributed by atoms with Gasteiger partial charge in [0.05, 0.1) is 6.61 Å². The Balaban J connectivity index is 2.52.